The Morgan fingerprint density at radius 3 is 2.29 bits per heavy atom. The second kappa shape index (κ2) is 4.09. The Labute approximate surface area is 84.4 Å². The molecule has 74 valence electrons. The highest BCUT2D eigenvalue weighted by Crippen LogP contribution is 2.20. The number of rotatable bonds is 2. The third kappa shape index (κ3) is 2.02. The topological polar surface area (TPSA) is 43.1 Å². The van der Waals surface area contributed by atoms with Gasteiger partial charge in [0.05, 0.1) is 0 Å². The van der Waals surface area contributed by atoms with Crippen LogP contribution in [-0.2, 0) is 4.79 Å². The highest BCUT2D eigenvalue weighted by molar-refractivity contribution is 5.99. The first-order valence-corrected chi connectivity index (χ1v) is 4.57. The summed E-state index contributed by atoms with van der Waals surface area (Å²) in [6.07, 6.45) is 0. The van der Waals surface area contributed by atoms with E-state index < -0.39 is 0 Å². The minimum atomic E-state index is -0.356. The lowest BCUT2D eigenvalue weighted by Crippen LogP contribution is -2.13. The number of benzene rings is 1. The van der Waals surface area contributed by atoms with E-state index in [1.165, 1.54) is 0 Å². The second-order valence-electron chi connectivity index (χ2n) is 3.43. The zero-order chi connectivity index (χ0) is 10.7. The van der Waals surface area contributed by atoms with Crippen LogP contribution in [0.1, 0.15) is 25.0 Å². The van der Waals surface area contributed by atoms with Crippen LogP contribution in [0.5, 0.6) is 0 Å². The number of aryl methyl sites for hydroxylation is 1. The number of hydrogen-bond acceptors (Lipinski definition) is 1. The minimum absolute atomic E-state index is 0.356. The van der Waals surface area contributed by atoms with Gasteiger partial charge in [0.25, 0.3) is 0 Å². The van der Waals surface area contributed by atoms with E-state index in [1.54, 1.807) is 6.92 Å². The molecule has 1 aromatic carbocycles. The average Bonchev–Trinajstić information content (AvgIpc) is 2.16. The molecule has 0 aliphatic carbocycles. The van der Waals surface area contributed by atoms with Gasteiger partial charge in [-0.05, 0) is 37.5 Å². The van der Waals surface area contributed by atoms with Gasteiger partial charge in [0.15, 0.2) is 0 Å². The normalized spacial score (nSPS) is 12.2. The molecular formula is C12H15NO. The van der Waals surface area contributed by atoms with Crippen molar-refractivity contribution in [3.05, 3.63) is 41.0 Å². The molecule has 0 bridgehead atoms. The summed E-state index contributed by atoms with van der Waals surface area (Å²) >= 11 is 0. The van der Waals surface area contributed by atoms with Crippen LogP contribution in [0.15, 0.2) is 29.8 Å². The molecular weight excluding hydrogens is 174 g/mol. The minimum Gasteiger partial charge on any atom is -0.366 e. The van der Waals surface area contributed by atoms with Crippen molar-refractivity contribution in [3.63, 3.8) is 0 Å². The molecule has 0 heterocycles. The standard InChI is InChI=1S/C12H15NO/c1-8-6-4-5-7-11(8)9(2)10(3)12(13)14/h4-7H,1-3H3,(H2,13,14). The molecule has 2 heteroatoms. The molecule has 2 nitrogen and oxygen atoms in total. The van der Waals surface area contributed by atoms with Crippen molar-refractivity contribution >= 4 is 11.5 Å². The predicted molar refractivity (Wildman–Crippen MR) is 58.6 cm³/mol. The molecule has 0 aliphatic rings. The van der Waals surface area contributed by atoms with E-state index in [1.807, 2.05) is 38.1 Å². The van der Waals surface area contributed by atoms with Gasteiger partial charge in [0.2, 0.25) is 5.91 Å². The Hall–Kier alpha value is -1.57. The fraction of sp³-hybridized carbons (Fsp3) is 0.250. The number of hydrogen-bond donors (Lipinski definition) is 1. The zero-order valence-corrected chi connectivity index (χ0v) is 8.79. The van der Waals surface area contributed by atoms with Crippen LogP contribution in [0, 0.1) is 6.92 Å². The van der Waals surface area contributed by atoms with Crippen molar-refractivity contribution < 1.29 is 4.79 Å². The summed E-state index contributed by atoms with van der Waals surface area (Å²) < 4.78 is 0. The van der Waals surface area contributed by atoms with E-state index in [2.05, 4.69) is 0 Å². The van der Waals surface area contributed by atoms with Crippen LogP contribution in [0.25, 0.3) is 5.57 Å². The number of amides is 1. The molecule has 0 atom stereocenters. The summed E-state index contributed by atoms with van der Waals surface area (Å²) in [5, 5.41) is 0. The van der Waals surface area contributed by atoms with E-state index in [-0.39, 0.29) is 5.91 Å². The number of nitrogens with two attached hydrogens (primary N) is 1. The maximum Gasteiger partial charge on any atom is 0.244 e. The van der Waals surface area contributed by atoms with E-state index >= 15 is 0 Å². The first-order chi connectivity index (χ1) is 6.54. The lowest BCUT2D eigenvalue weighted by Gasteiger charge is -2.08. The summed E-state index contributed by atoms with van der Waals surface area (Å²) in [7, 11) is 0. The summed E-state index contributed by atoms with van der Waals surface area (Å²) in [5.74, 6) is -0.356. The highest BCUT2D eigenvalue weighted by atomic mass is 16.1. The van der Waals surface area contributed by atoms with Gasteiger partial charge >= 0.3 is 0 Å². The van der Waals surface area contributed by atoms with Crippen molar-refractivity contribution in [2.45, 2.75) is 20.8 Å². The number of allylic oxidation sites excluding steroid dienone is 1. The fourth-order valence-corrected chi connectivity index (χ4v) is 1.38. The monoisotopic (exact) mass is 189 g/mol. The molecule has 1 amide bonds. The van der Waals surface area contributed by atoms with E-state index in [4.69, 9.17) is 5.73 Å². The van der Waals surface area contributed by atoms with Crippen LogP contribution in [0.4, 0.5) is 0 Å². The second-order valence-corrected chi connectivity index (χ2v) is 3.43. The Morgan fingerprint density at radius 1 is 1.21 bits per heavy atom. The SMILES string of the molecule is CC(C(N)=O)=C(C)c1ccccc1C. The number of carbonyl (C=O) groups is 1. The summed E-state index contributed by atoms with van der Waals surface area (Å²) in [5.41, 5.74) is 9.05. The number of primary amides is 1. The van der Waals surface area contributed by atoms with Crippen LogP contribution in [-0.4, -0.2) is 5.91 Å². The van der Waals surface area contributed by atoms with E-state index in [0.717, 1.165) is 16.7 Å². The van der Waals surface area contributed by atoms with Gasteiger partial charge in [-0.15, -0.1) is 0 Å². The third-order valence-electron chi connectivity index (χ3n) is 2.48. The smallest absolute Gasteiger partial charge is 0.244 e. The first kappa shape index (κ1) is 10.5. The molecule has 0 unspecified atom stereocenters. The Morgan fingerprint density at radius 2 is 1.79 bits per heavy atom. The molecule has 2 N–H and O–H groups in total. The summed E-state index contributed by atoms with van der Waals surface area (Å²) in [6.45, 7) is 5.69. The van der Waals surface area contributed by atoms with Gasteiger partial charge in [0, 0.05) is 5.57 Å². The van der Waals surface area contributed by atoms with Gasteiger partial charge in [-0.3, -0.25) is 4.79 Å². The van der Waals surface area contributed by atoms with E-state index in [0.29, 0.717) is 5.57 Å². The predicted octanol–water partition coefficient (Wildman–Crippen LogP) is 2.27. The molecule has 14 heavy (non-hydrogen) atoms. The lowest BCUT2D eigenvalue weighted by atomic mass is 9.98. The average molecular weight is 189 g/mol. The Bertz CT molecular complexity index is 391. The van der Waals surface area contributed by atoms with Gasteiger partial charge in [0.1, 0.15) is 0 Å². The van der Waals surface area contributed by atoms with Gasteiger partial charge < -0.3 is 5.73 Å². The van der Waals surface area contributed by atoms with E-state index in [9.17, 15) is 4.79 Å². The van der Waals surface area contributed by atoms with Crippen molar-refractivity contribution in [3.8, 4) is 0 Å². The zero-order valence-electron chi connectivity index (χ0n) is 8.79. The molecule has 0 saturated carbocycles. The first-order valence-electron chi connectivity index (χ1n) is 4.57. The fourth-order valence-electron chi connectivity index (χ4n) is 1.38. The van der Waals surface area contributed by atoms with Crippen LogP contribution in [0.3, 0.4) is 0 Å². The Balaban J connectivity index is 3.25. The van der Waals surface area contributed by atoms with Crippen molar-refractivity contribution in [1.82, 2.24) is 0 Å². The molecule has 1 rings (SSSR count). The molecule has 0 fully saturated rings. The van der Waals surface area contributed by atoms with Crippen LogP contribution in [0.2, 0.25) is 0 Å². The van der Waals surface area contributed by atoms with Crippen LogP contribution < -0.4 is 5.73 Å². The number of carbonyl (C=O) groups excluding carboxylic acids is 1. The van der Waals surface area contributed by atoms with Crippen molar-refractivity contribution in [2.75, 3.05) is 0 Å². The molecule has 0 saturated heterocycles. The van der Waals surface area contributed by atoms with Crippen LogP contribution >= 0.6 is 0 Å². The third-order valence-corrected chi connectivity index (χ3v) is 2.48. The largest absolute Gasteiger partial charge is 0.366 e. The van der Waals surface area contributed by atoms with Gasteiger partial charge in [-0.2, -0.15) is 0 Å². The maximum absolute atomic E-state index is 11.0. The maximum atomic E-state index is 11.0. The molecule has 0 aliphatic heterocycles. The van der Waals surface area contributed by atoms with Gasteiger partial charge in [-0.1, -0.05) is 24.3 Å². The highest BCUT2D eigenvalue weighted by Gasteiger charge is 2.06. The quantitative estimate of drug-likeness (QED) is 0.712. The molecule has 0 radical (unpaired) electrons. The summed E-state index contributed by atoms with van der Waals surface area (Å²) in [6, 6.07) is 7.95. The lowest BCUT2D eigenvalue weighted by molar-refractivity contribution is -0.114. The van der Waals surface area contributed by atoms with Crippen molar-refractivity contribution in [2.24, 2.45) is 5.73 Å². The molecule has 0 spiro atoms. The summed E-state index contributed by atoms with van der Waals surface area (Å²) in [4.78, 5) is 11.0. The molecule has 1 aromatic rings. The van der Waals surface area contributed by atoms with Gasteiger partial charge in [-0.25, -0.2) is 0 Å². The Kier molecular flexibility index (Phi) is 3.07. The molecule has 0 aromatic heterocycles. The van der Waals surface area contributed by atoms with Crippen molar-refractivity contribution in [1.29, 1.82) is 0 Å².